The van der Waals surface area contributed by atoms with Gasteiger partial charge in [0.2, 0.25) is 0 Å². The van der Waals surface area contributed by atoms with Crippen LogP contribution in [0.5, 0.6) is 0 Å². The highest BCUT2D eigenvalue weighted by atomic mass is 14.4. The average Bonchev–Trinajstić information content (AvgIpc) is 4.06. The van der Waals surface area contributed by atoms with Gasteiger partial charge in [-0.1, -0.05) is 226 Å². The number of rotatable bonds is 7. The molecule has 0 bridgehead atoms. The smallest absolute Gasteiger partial charge is 0.0210 e. The van der Waals surface area contributed by atoms with Crippen molar-refractivity contribution in [3.63, 3.8) is 0 Å². The highest BCUT2D eigenvalue weighted by molar-refractivity contribution is 5.95. The van der Waals surface area contributed by atoms with Crippen LogP contribution < -0.4 is 0 Å². The Morgan fingerprint density at radius 1 is 0.273 bits per heavy atom. The van der Waals surface area contributed by atoms with Crippen molar-refractivity contribution in [1.82, 2.24) is 0 Å². The Kier molecular flexibility index (Phi) is 10.4. The van der Waals surface area contributed by atoms with Crippen LogP contribution >= 0.6 is 0 Å². The molecule has 14 rings (SSSR count). The van der Waals surface area contributed by atoms with Crippen molar-refractivity contribution < 1.29 is 0 Å². The zero-order valence-electron chi connectivity index (χ0n) is 46.1. The van der Waals surface area contributed by atoms with Crippen LogP contribution in [0.4, 0.5) is 0 Å². The fraction of sp³-hybridized carbons (Fsp3) is 0.195. The summed E-state index contributed by atoms with van der Waals surface area (Å²) in [4.78, 5) is 0. The minimum Gasteiger partial charge on any atom is -0.0642 e. The van der Waals surface area contributed by atoms with Crippen molar-refractivity contribution in [2.24, 2.45) is 0 Å². The summed E-state index contributed by atoms with van der Waals surface area (Å²) in [6.45, 7) is 21.2. The Balaban J connectivity index is 0.708. The third-order valence-electron chi connectivity index (χ3n) is 18.9. The summed E-state index contributed by atoms with van der Waals surface area (Å²) in [5.41, 5.74) is 30.6. The lowest BCUT2D eigenvalue weighted by Crippen LogP contribution is -2.23. The summed E-state index contributed by atoms with van der Waals surface area (Å²) in [5.74, 6) is 0. The Morgan fingerprint density at radius 3 is 0.948 bits per heavy atom. The first-order valence-electron chi connectivity index (χ1n) is 28.2. The van der Waals surface area contributed by atoms with Gasteiger partial charge in [0.1, 0.15) is 0 Å². The highest BCUT2D eigenvalue weighted by Gasteiger charge is 2.41. The van der Waals surface area contributed by atoms with Crippen LogP contribution in [0.3, 0.4) is 0 Å². The van der Waals surface area contributed by atoms with E-state index in [1.165, 1.54) is 150 Å². The van der Waals surface area contributed by atoms with Crippen molar-refractivity contribution in [2.75, 3.05) is 0 Å². The van der Waals surface area contributed by atoms with Crippen LogP contribution in [0, 0.1) is 0 Å². The van der Waals surface area contributed by atoms with E-state index >= 15 is 0 Å². The summed E-state index contributed by atoms with van der Waals surface area (Å²) in [5, 5.41) is 5.09. The second kappa shape index (κ2) is 17.0. The molecule has 11 aromatic rings. The van der Waals surface area contributed by atoms with Crippen molar-refractivity contribution in [1.29, 1.82) is 0 Å². The van der Waals surface area contributed by atoms with Gasteiger partial charge in [0.05, 0.1) is 0 Å². The van der Waals surface area contributed by atoms with Crippen LogP contribution in [0.15, 0.2) is 212 Å². The Labute approximate surface area is 456 Å². The quantitative estimate of drug-likeness (QED) is 0.149. The van der Waals surface area contributed by atoms with Gasteiger partial charge in [-0.05, 0) is 216 Å². The second-order valence-corrected chi connectivity index (χ2v) is 24.8. The molecule has 3 aliphatic rings. The lowest BCUT2D eigenvalue weighted by Gasteiger charge is -2.30. The first-order chi connectivity index (χ1) is 37.1. The first kappa shape index (κ1) is 47.4. The molecule has 0 aliphatic heterocycles. The van der Waals surface area contributed by atoms with Gasteiger partial charge >= 0.3 is 0 Å². The van der Waals surface area contributed by atoms with Crippen LogP contribution in [-0.2, 0) is 21.7 Å². The van der Waals surface area contributed by atoms with E-state index in [-0.39, 0.29) is 21.7 Å². The second-order valence-electron chi connectivity index (χ2n) is 24.8. The summed E-state index contributed by atoms with van der Waals surface area (Å²) in [6, 6.07) is 81.9. The average molecular weight is 991 g/mol. The summed E-state index contributed by atoms with van der Waals surface area (Å²) in [6.07, 6.45) is 2.20. The number of hydrogen-bond acceptors (Lipinski definition) is 0. The monoisotopic (exact) mass is 991 g/mol. The number of hydrogen-bond donors (Lipinski definition) is 0. The van der Waals surface area contributed by atoms with Crippen molar-refractivity contribution in [2.45, 2.75) is 96.8 Å². The molecule has 77 heavy (non-hydrogen) atoms. The standard InChI is InChI=1S/C77H66/c1-10-77(11-2)68-15-13-12-14-62(68)67-37-28-57(46-73(67)77)48-18-16-47(17-19-48)56-27-33-63-65-35-30-59(44-71(65)75(6,7)69(63)42-56)60-31-36-66-64-34-29-58(43-70(64)76(8,9)72(66)45-60)53-23-22-50-38-49(20-21-51(50)39-53)52-24-25-55-41-61(74(3,4)5)32-26-54(55)40-52/h12-46H,10-11H2,1-9H3. The molecule has 11 aromatic carbocycles. The zero-order valence-corrected chi connectivity index (χ0v) is 46.1. The molecule has 0 fully saturated rings. The molecule has 0 heterocycles. The van der Waals surface area contributed by atoms with Crippen molar-refractivity contribution >= 4 is 21.5 Å². The predicted octanol–water partition coefficient (Wildman–Crippen LogP) is 21.3. The van der Waals surface area contributed by atoms with Crippen LogP contribution in [0.1, 0.15) is 114 Å². The maximum absolute atomic E-state index is 2.48. The SMILES string of the molecule is CCC1(CC)c2ccccc2-c2ccc(-c3ccc(-c4ccc5c(c4)C(C)(C)c4cc(-c6ccc7c(c6)C(C)(C)c6cc(-c8ccc9cc(-c%10ccc%11cc(C(C)(C)C)ccc%11c%10)ccc9c8)ccc6-7)ccc4-5)cc3)cc21. The van der Waals surface area contributed by atoms with Gasteiger partial charge in [0.25, 0.3) is 0 Å². The molecule has 0 nitrogen and oxygen atoms in total. The van der Waals surface area contributed by atoms with Gasteiger partial charge in [0.15, 0.2) is 0 Å². The van der Waals surface area contributed by atoms with Gasteiger partial charge < -0.3 is 0 Å². The first-order valence-corrected chi connectivity index (χ1v) is 28.2. The minimum atomic E-state index is -0.152. The van der Waals surface area contributed by atoms with Crippen molar-refractivity contribution in [3.8, 4) is 89.0 Å². The minimum absolute atomic E-state index is 0.0685. The molecular formula is C77H66. The van der Waals surface area contributed by atoms with E-state index in [1.54, 1.807) is 0 Å². The predicted molar refractivity (Wildman–Crippen MR) is 329 cm³/mol. The highest BCUT2D eigenvalue weighted by Crippen LogP contribution is 2.55. The molecule has 0 unspecified atom stereocenters. The molecule has 3 aliphatic carbocycles. The maximum atomic E-state index is 2.48. The van der Waals surface area contributed by atoms with Gasteiger partial charge in [-0.15, -0.1) is 0 Å². The van der Waals surface area contributed by atoms with Crippen LogP contribution in [-0.4, -0.2) is 0 Å². The van der Waals surface area contributed by atoms with E-state index in [0.29, 0.717) is 0 Å². The molecular weight excluding hydrogens is 925 g/mol. The fourth-order valence-electron chi connectivity index (χ4n) is 14.2. The van der Waals surface area contributed by atoms with Crippen LogP contribution in [0.2, 0.25) is 0 Å². The largest absolute Gasteiger partial charge is 0.0642 e. The zero-order chi connectivity index (χ0) is 52.8. The fourth-order valence-corrected chi connectivity index (χ4v) is 14.2. The topological polar surface area (TPSA) is 0 Å². The molecule has 0 saturated heterocycles. The van der Waals surface area contributed by atoms with E-state index in [1.807, 2.05) is 0 Å². The Hall–Kier alpha value is -8.06. The van der Waals surface area contributed by atoms with E-state index < -0.39 is 0 Å². The van der Waals surface area contributed by atoms with E-state index in [9.17, 15) is 0 Å². The molecule has 0 atom stereocenters. The van der Waals surface area contributed by atoms with Crippen LogP contribution in [0.25, 0.3) is 111 Å². The molecule has 0 heteroatoms. The van der Waals surface area contributed by atoms with Gasteiger partial charge in [0, 0.05) is 16.2 Å². The number of fused-ring (bicyclic) bond motifs is 11. The molecule has 374 valence electrons. The van der Waals surface area contributed by atoms with Gasteiger partial charge in [-0.3, -0.25) is 0 Å². The number of benzene rings is 11. The van der Waals surface area contributed by atoms with Gasteiger partial charge in [-0.2, -0.15) is 0 Å². The molecule has 0 saturated carbocycles. The van der Waals surface area contributed by atoms with E-state index in [4.69, 9.17) is 0 Å². The van der Waals surface area contributed by atoms with E-state index in [0.717, 1.165) is 12.8 Å². The molecule has 0 amide bonds. The summed E-state index contributed by atoms with van der Waals surface area (Å²) >= 11 is 0. The third kappa shape index (κ3) is 7.24. The normalized spacial score (nSPS) is 15.0. The maximum Gasteiger partial charge on any atom is 0.0210 e. The molecule has 0 spiro atoms. The third-order valence-corrected chi connectivity index (χ3v) is 18.9. The summed E-state index contributed by atoms with van der Waals surface area (Å²) in [7, 11) is 0. The Morgan fingerprint density at radius 2 is 0.558 bits per heavy atom. The molecule has 0 aromatic heterocycles. The Bertz CT molecular complexity index is 4250. The lowest BCUT2D eigenvalue weighted by molar-refractivity contribution is 0.490. The van der Waals surface area contributed by atoms with Crippen molar-refractivity contribution in [3.05, 3.63) is 251 Å². The lowest BCUT2D eigenvalue weighted by atomic mass is 9.73. The molecule has 0 radical (unpaired) electrons. The van der Waals surface area contributed by atoms with Gasteiger partial charge in [-0.25, -0.2) is 0 Å². The molecule has 0 N–H and O–H groups in total. The summed E-state index contributed by atoms with van der Waals surface area (Å²) < 4.78 is 0. The van der Waals surface area contributed by atoms with E-state index in [2.05, 4.69) is 275 Å².